The number of rotatable bonds is 7. The standard InChI is InChI=1S/C25H15ClF5N5O4/c26-16-5-12(9-32)6-17(8-16)40-20-21(25(29,30)31)33-11-36(24(20)39)10-15-7-18(34-35-23(15)38)13-1-3-14(4-2-13)19(37)22(27)28/h1-8,11,19,22,37H,10H2,(H,35,38). The summed E-state index contributed by atoms with van der Waals surface area (Å²) in [6.45, 7) is -0.549. The second kappa shape index (κ2) is 11.2. The number of benzene rings is 2. The van der Waals surface area contributed by atoms with Crippen LogP contribution in [0.15, 0.2) is 64.4 Å². The number of H-pyrrole nitrogens is 1. The molecule has 0 amide bonds. The van der Waals surface area contributed by atoms with E-state index in [2.05, 4.69) is 15.2 Å². The van der Waals surface area contributed by atoms with Crippen LogP contribution < -0.4 is 15.9 Å². The van der Waals surface area contributed by atoms with E-state index in [1.165, 1.54) is 36.4 Å². The molecule has 0 aliphatic heterocycles. The Hall–Kier alpha value is -4.61. The number of nitrogens with one attached hydrogen (secondary N) is 1. The average molecular weight is 580 g/mol. The molecule has 15 heteroatoms. The van der Waals surface area contributed by atoms with Gasteiger partial charge in [0.25, 0.3) is 17.5 Å². The van der Waals surface area contributed by atoms with E-state index in [0.717, 1.165) is 12.1 Å². The number of nitriles is 1. The molecule has 9 nitrogen and oxygen atoms in total. The first-order valence-corrected chi connectivity index (χ1v) is 11.5. The molecule has 0 aliphatic rings. The van der Waals surface area contributed by atoms with Crippen molar-refractivity contribution in [3.63, 3.8) is 0 Å². The summed E-state index contributed by atoms with van der Waals surface area (Å²) in [5, 5.41) is 24.6. The van der Waals surface area contributed by atoms with Gasteiger partial charge >= 0.3 is 6.18 Å². The van der Waals surface area contributed by atoms with E-state index < -0.39 is 47.8 Å². The van der Waals surface area contributed by atoms with Crippen molar-refractivity contribution in [3.8, 4) is 28.8 Å². The number of aromatic nitrogens is 4. The van der Waals surface area contributed by atoms with Gasteiger partial charge in [-0.1, -0.05) is 35.9 Å². The molecule has 0 radical (unpaired) electrons. The van der Waals surface area contributed by atoms with Crippen molar-refractivity contribution in [1.29, 1.82) is 5.26 Å². The minimum absolute atomic E-state index is 0.0283. The van der Waals surface area contributed by atoms with Crippen molar-refractivity contribution in [2.75, 3.05) is 0 Å². The molecule has 0 aliphatic carbocycles. The zero-order chi connectivity index (χ0) is 29.2. The van der Waals surface area contributed by atoms with E-state index >= 15 is 0 Å². The van der Waals surface area contributed by atoms with Gasteiger partial charge in [0.1, 0.15) is 11.9 Å². The molecule has 2 heterocycles. The van der Waals surface area contributed by atoms with Crippen LogP contribution in [0.2, 0.25) is 5.02 Å². The highest BCUT2D eigenvalue weighted by atomic mass is 35.5. The molecular weight excluding hydrogens is 565 g/mol. The van der Waals surface area contributed by atoms with Gasteiger partial charge in [0.05, 0.1) is 30.2 Å². The minimum atomic E-state index is -5.09. The molecule has 40 heavy (non-hydrogen) atoms. The molecule has 2 aromatic heterocycles. The first-order valence-electron chi connectivity index (χ1n) is 11.1. The number of halogens is 6. The van der Waals surface area contributed by atoms with E-state index in [1.54, 1.807) is 6.07 Å². The fourth-order valence-corrected chi connectivity index (χ4v) is 3.80. The quantitative estimate of drug-likeness (QED) is 0.304. The van der Waals surface area contributed by atoms with Crippen LogP contribution in [0.1, 0.15) is 28.5 Å². The second-order valence-electron chi connectivity index (χ2n) is 8.25. The lowest BCUT2D eigenvalue weighted by Gasteiger charge is -2.15. The number of aliphatic hydroxyl groups excluding tert-OH is 1. The zero-order valence-corrected chi connectivity index (χ0v) is 20.5. The average Bonchev–Trinajstić information content (AvgIpc) is 2.90. The van der Waals surface area contributed by atoms with Gasteiger partial charge in [-0.2, -0.15) is 23.5 Å². The summed E-state index contributed by atoms with van der Waals surface area (Å²) in [7, 11) is 0. The van der Waals surface area contributed by atoms with Crippen LogP contribution >= 0.6 is 11.6 Å². The SMILES string of the molecule is N#Cc1cc(Cl)cc(Oc2c(C(F)(F)F)ncn(Cc3cc(-c4ccc(C(O)C(F)F)cc4)n[nH]c3=O)c2=O)c1. The summed E-state index contributed by atoms with van der Waals surface area (Å²) in [4.78, 5) is 28.8. The van der Waals surface area contributed by atoms with Gasteiger partial charge in [0.2, 0.25) is 5.75 Å². The second-order valence-corrected chi connectivity index (χ2v) is 8.69. The third-order valence-electron chi connectivity index (χ3n) is 5.49. The molecule has 0 fully saturated rings. The Kier molecular flexibility index (Phi) is 7.98. The maximum atomic E-state index is 13.7. The molecule has 2 aromatic carbocycles. The zero-order valence-electron chi connectivity index (χ0n) is 19.8. The maximum absolute atomic E-state index is 13.7. The van der Waals surface area contributed by atoms with Crippen molar-refractivity contribution in [2.24, 2.45) is 0 Å². The number of nitrogens with zero attached hydrogens (tertiary/aromatic N) is 4. The molecule has 0 saturated heterocycles. The van der Waals surface area contributed by atoms with E-state index in [-0.39, 0.29) is 33.2 Å². The summed E-state index contributed by atoms with van der Waals surface area (Å²) in [6.07, 6.45) is -9.49. The van der Waals surface area contributed by atoms with Crippen molar-refractivity contribution >= 4 is 11.6 Å². The van der Waals surface area contributed by atoms with E-state index in [9.17, 15) is 36.6 Å². The lowest BCUT2D eigenvalue weighted by Crippen LogP contribution is -2.28. The lowest BCUT2D eigenvalue weighted by atomic mass is 10.0. The molecule has 4 rings (SSSR count). The van der Waals surface area contributed by atoms with Gasteiger partial charge in [-0.25, -0.2) is 18.9 Å². The number of alkyl halides is 5. The van der Waals surface area contributed by atoms with Gasteiger partial charge in [-0.05, 0) is 29.8 Å². The Morgan fingerprint density at radius 2 is 1.82 bits per heavy atom. The molecule has 0 bridgehead atoms. The van der Waals surface area contributed by atoms with Crippen molar-refractivity contribution < 1.29 is 31.8 Å². The van der Waals surface area contributed by atoms with Gasteiger partial charge < -0.3 is 9.84 Å². The van der Waals surface area contributed by atoms with Gasteiger partial charge in [0, 0.05) is 16.1 Å². The van der Waals surface area contributed by atoms with Crippen LogP contribution in [0.4, 0.5) is 22.0 Å². The number of aliphatic hydroxyl groups is 1. The molecule has 1 unspecified atom stereocenters. The largest absolute Gasteiger partial charge is 0.449 e. The number of aromatic amines is 1. The third kappa shape index (κ3) is 6.16. The molecule has 4 aromatic rings. The van der Waals surface area contributed by atoms with Crippen molar-refractivity contribution in [3.05, 3.63) is 103 Å². The fraction of sp³-hybridized carbons (Fsp3) is 0.160. The predicted octanol–water partition coefficient (Wildman–Crippen LogP) is 4.68. The van der Waals surface area contributed by atoms with Gasteiger partial charge in [-0.3, -0.25) is 14.2 Å². The Morgan fingerprint density at radius 1 is 1.12 bits per heavy atom. The summed E-state index contributed by atoms with van der Waals surface area (Å²) < 4.78 is 72.4. The van der Waals surface area contributed by atoms with Gasteiger partial charge in [-0.15, -0.1) is 0 Å². The molecular formula is C25H15ClF5N5O4. The number of ether oxygens (including phenoxy) is 1. The van der Waals surface area contributed by atoms with Crippen LogP contribution in [-0.4, -0.2) is 31.3 Å². The van der Waals surface area contributed by atoms with E-state index in [1.807, 2.05) is 0 Å². The van der Waals surface area contributed by atoms with E-state index in [4.69, 9.17) is 21.6 Å². The minimum Gasteiger partial charge on any atom is -0.449 e. The fourth-order valence-electron chi connectivity index (χ4n) is 3.57. The Morgan fingerprint density at radius 3 is 2.45 bits per heavy atom. The maximum Gasteiger partial charge on any atom is 0.437 e. The van der Waals surface area contributed by atoms with Gasteiger partial charge in [0.15, 0.2) is 5.69 Å². The smallest absolute Gasteiger partial charge is 0.437 e. The highest BCUT2D eigenvalue weighted by molar-refractivity contribution is 6.30. The monoisotopic (exact) mass is 579 g/mol. The predicted molar refractivity (Wildman–Crippen MR) is 130 cm³/mol. The number of hydrogen-bond acceptors (Lipinski definition) is 7. The molecule has 0 saturated carbocycles. The molecule has 1 atom stereocenters. The lowest BCUT2D eigenvalue weighted by molar-refractivity contribution is -0.142. The topological polar surface area (TPSA) is 134 Å². The number of hydrogen-bond donors (Lipinski definition) is 2. The summed E-state index contributed by atoms with van der Waals surface area (Å²) in [5.41, 5.74) is -3.40. The van der Waals surface area contributed by atoms with Crippen molar-refractivity contribution in [1.82, 2.24) is 19.7 Å². The van der Waals surface area contributed by atoms with Crippen LogP contribution in [0.3, 0.4) is 0 Å². The van der Waals surface area contributed by atoms with Crippen LogP contribution in [0.25, 0.3) is 11.3 Å². The van der Waals surface area contributed by atoms with Crippen LogP contribution in [0.5, 0.6) is 11.5 Å². The summed E-state index contributed by atoms with van der Waals surface area (Å²) in [5.74, 6) is -1.53. The molecule has 206 valence electrons. The van der Waals surface area contributed by atoms with Crippen LogP contribution in [-0.2, 0) is 12.7 Å². The molecule has 2 N–H and O–H groups in total. The first-order chi connectivity index (χ1) is 18.9. The third-order valence-corrected chi connectivity index (χ3v) is 5.71. The highest BCUT2D eigenvalue weighted by Gasteiger charge is 2.39. The highest BCUT2D eigenvalue weighted by Crippen LogP contribution is 2.35. The van der Waals surface area contributed by atoms with Crippen LogP contribution in [0, 0.1) is 11.3 Å². The van der Waals surface area contributed by atoms with Crippen molar-refractivity contribution in [2.45, 2.75) is 25.3 Å². The first kappa shape index (κ1) is 28.4. The molecule has 0 spiro atoms. The normalized spacial score (nSPS) is 12.3. The van der Waals surface area contributed by atoms with E-state index in [0.29, 0.717) is 16.5 Å². The Balaban J connectivity index is 1.72. The summed E-state index contributed by atoms with van der Waals surface area (Å²) >= 11 is 5.88. The Labute approximate surface area is 225 Å². The summed E-state index contributed by atoms with van der Waals surface area (Å²) in [6, 6.07) is 11.6. The Bertz CT molecular complexity index is 1720.